The van der Waals surface area contributed by atoms with Crippen LogP contribution in [0.15, 0.2) is 18.2 Å². The van der Waals surface area contributed by atoms with Crippen LogP contribution in [0.4, 0.5) is 0 Å². The average Bonchev–Trinajstić information content (AvgIpc) is 2.84. The van der Waals surface area contributed by atoms with Crippen LogP contribution in [0.5, 0.6) is 0 Å². The maximum Gasteiger partial charge on any atom is 0.255 e. The van der Waals surface area contributed by atoms with Crippen LogP contribution in [0, 0.1) is 5.92 Å². The third-order valence-corrected chi connectivity index (χ3v) is 5.65. The van der Waals surface area contributed by atoms with Crippen molar-refractivity contribution in [3.63, 3.8) is 0 Å². The lowest BCUT2D eigenvalue weighted by molar-refractivity contribution is 0.0514. The van der Waals surface area contributed by atoms with E-state index in [4.69, 9.17) is 5.73 Å². The van der Waals surface area contributed by atoms with Gasteiger partial charge in [0, 0.05) is 19.1 Å². The second-order valence-corrected chi connectivity index (χ2v) is 7.78. The number of hydrogen-bond donors (Lipinski definition) is 1. The quantitative estimate of drug-likeness (QED) is 0.894. The van der Waals surface area contributed by atoms with Gasteiger partial charge in [-0.05, 0) is 50.3 Å². The van der Waals surface area contributed by atoms with Gasteiger partial charge in [-0.25, -0.2) is 0 Å². The van der Waals surface area contributed by atoms with Crippen molar-refractivity contribution >= 4 is 11.8 Å². The minimum Gasteiger partial charge on any atom is -0.366 e. The lowest BCUT2D eigenvalue weighted by Crippen LogP contribution is -2.46. The zero-order valence-corrected chi connectivity index (χ0v) is 15.5. The Balaban J connectivity index is 1.72. The third kappa shape index (κ3) is 3.43. The molecule has 0 spiro atoms. The lowest BCUT2D eigenvalue weighted by Gasteiger charge is -2.39. The van der Waals surface area contributed by atoms with Gasteiger partial charge < -0.3 is 15.5 Å². The number of nitrogens with zero attached hydrogens (tertiary/aromatic N) is 2. The van der Waals surface area contributed by atoms with Crippen molar-refractivity contribution in [1.82, 2.24) is 9.80 Å². The molecule has 1 atom stereocenters. The largest absolute Gasteiger partial charge is 0.366 e. The van der Waals surface area contributed by atoms with Gasteiger partial charge in [-0.1, -0.05) is 26.0 Å². The highest BCUT2D eigenvalue weighted by atomic mass is 16.2. The van der Waals surface area contributed by atoms with Crippen LogP contribution in [0.25, 0.3) is 0 Å². The third-order valence-electron chi connectivity index (χ3n) is 5.65. The summed E-state index contributed by atoms with van der Waals surface area (Å²) >= 11 is 0. The molecule has 1 unspecified atom stereocenters. The SMILES string of the molecule is CC(C)CCN1CCC(N2C(=O)c3c(C(N)=O)cccc3C2C)CC1. The van der Waals surface area contributed by atoms with Crippen LogP contribution in [-0.4, -0.2) is 47.3 Å². The van der Waals surface area contributed by atoms with Crippen LogP contribution in [0.3, 0.4) is 0 Å². The smallest absolute Gasteiger partial charge is 0.255 e. The van der Waals surface area contributed by atoms with Gasteiger partial charge >= 0.3 is 0 Å². The molecule has 1 aromatic carbocycles. The predicted molar refractivity (Wildman–Crippen MR) is 98.5 cm³/mol. The van der Waals surface area contributed by atoms with E-state index in [2.05, 4.69) is 25.7 Å². The minimum absolute atomic E-state index is 0.00835. The van der Waals surface area contributed by atoms with E-state index in [1.54, 1.807) is 6.07 Å². The van der Waals surface area contributed by atoms with Crippen LogP contribution < -0.4 is 5.73 Å². The zero-order chi connectivity index (χ0) is 18.1. The first-order valence-corrected chi connectivity index (χ1v) is 9.38. The highest BCUT2D eigenvalue weighted by molar-refractivity contribution is 6.09. The fourth-order valence-corrected chi connectivity index (χ4v) is 4.16. The summed E-state index contributed by atoms with van der Waals surface area (Å²) in [5, 5.41) is 0. The fraction of sp³-hybridized carbons (Fsp3) is 0.600. The first kappa shape index (κ1) is 17.9. The van der Waals surface area contributed by atoms with Crippen molar-refractivity contribution in [3.8, 4) is 0 Å². The Morgan fingerprint density at radius 3 is 2.56 bits per heavy atom. The summed E-state index contributed by atoms with van der Waals surface area (Å²) in [6, 6.07) is 5.67. The molecular formula is C20H29N3O2. The Kier molecular flexibility index (Phi) is 5.13. The number of piperidine rings is 1. The monoisotopic (exact) mass is 343 g/mol. The van der Waals surface area contributed by atoms with Crippen molar-refractivity contribution in [1.29, 1.82) is 0 Å². The van der Waals surface area contributed by atoms with E-state index in [9.17, 15) is 9.59 Å². The van der Waals surface area contributed by atoms with Gasteiger partial charge in [0.25, 0.3) is 5.91 Å². The summed E-state index contributed by atoms with van der Waals surface area (Å²) in [5.41, 5.74) is 7.28. The number of amides is 2. The Hall–Kier alpha value is -1.88. The van der Waals surface area contributed by atoms with E-state index in [1.165, 1.54) is 6.42 Å². The van der Waals surface area contributed by atoms with Crippen LogP contribution in [0.1, 0.15) is 72.4 Å². The van der Waals surface area contributed by atoms with Crippen molar-refractivity contribution in [2.24, 2.45) is 11.7 Å². The molecular weight excluding hydrogens is 314 g/mol. The number of carbonyl (C=O) groups excluding carboxylic acids is 2. The standard InChI is InChI=1S/C20H29N3O2/c1-13(2)7-10-22-11-8-15(9-12-22)23-14(3)16-5-4-6-17(19(21)24)18(16)20(23)25/h4-6,13-15H,7-12H2,1-3H3,(H2,21,24). The maximum absolute atomic E-state index is 13.0. The number of primary amides is 1. The van der Waals surface area contributed by atoms with Gasteiger partial charge in [0.15, 0.2) is 0 Å². The molecule has 0 radical (unpaired) electrons. The molecule has 1 saturated heterocycles. The van der Waals surface area contributed by atoms with Crippen LogP contribution >= 0.6 is 0 Å². The number of carbonyl (C=O) groups is 2. The molecule has 0 bridgehead atoms. The van der Waals surface area contributed by atoms with Crippen molar-refractivity contribution in [3.05, 3.63) is 34.9 Å². The van der Waals surface area contributed by atoms with Gasteiger partial charge in [0.2, 0.25) is 5.91 Å². The Morgan fingerprint density at radius 1 is 1.28 bits per heavy atom. The summed E-state index contributed by atoms with van der Waals surface area (Å²) in [7, 11) is 0. The highest BCUT2D eigenvalue weighted by Gasteiger charge is 2.41. The molecule has 1 aromatic rings. The first-order chi connectivity index (χ1) is 11.9. The maximum atomic E-state index is 13.0. The summed E-state index contributed by atoms with van der Waals surface area (Å²) in [5.74, 6) is 0.167. The van der Waals surface area contributed by atoms with Gasteiger partial charge in [-0.15, -0.1) is 0 Å². The number of likely N-dealkylation sites (tertiary alicyclic amines) is 1. The molecule has 5 nitrogen and oxygen atoms in total. The number of hydrogen-bond acceptors (Lipinski definition) is 3. The second kappa shape index (κ2) is 7.16. The molecule has 1 fully saturated rings. The lowest BCUT2D eigenvalue weighted by atomic mass is 9.99. The Morgan fingerprint density at radius 2 is 1.96 bits per heavy atom. The molecule has 3 rings (SSSR count). The molecule has 136 valence electrons. The molecule has 5 heteroatoms. The molecule has 0 saturated carbocycles. The van der Waals surface area contributed by atoms with E-state index >= 15 is 0 Å². The van der Waals surface area contributed by atoms with Gasteiger partial charge in [-0.2, -0.15) is 0 Å². The van der Waals surface area contributed by atoms with Crippen LogP contribution in [0.2, 0.25) is 0 Å². The number of fused-ring (bicyclic) bond motifs is 1. The normalized spacial score (nSPS) is 21.8. The summed E-state index contributed by atoms with van der Waals surface area (Å²) in [6.45, 7) is 9.77. The summed E-state index contributed by atoms with van der Waals surface area (Å²) in [4.78, 5) is 29.2. The summed E-state index contributed by atoms with van der Waals surface area (Å²) in [6.07, 6.45) is 3.21. The van der Waals surface area contributed by atoms with Gasteiger partial charge in [0.05, 0.1) is 17.2 Å². The topological polar surface area (TPSA) is 66.6 Å². The Labute approximate surface area is 150 Å². The van der Waals surface area contributed by atoms with E-state index in [0.29, 0.717) is 11.1 Å². The number of benzene rings is 1. The van der Waals surface area contributed by atoms with Gasteiger partial charge in [0.1, 0.15) is 0 Å². The Bertz CT molecular complexity index is 663. The summed E-state index contributed by atoms with van der Waals surface area (Å²) < 4.78 is 0. The number of nitrogens with two attached hydrogens (primary N) is 1. The van der Waals surface area contributed by atoms with Crippen molar-refractivity contribution in [2.75, 3.05) is 19.6 Å². The molecule has 2 amide bonds. The highest BCUT2D eigenvalue weighted by Crippen LogP contribution is 2.38. The van der Waals surface area contributed by atoms with Crippen LogP contribution in [-0.2, 0) is 0 Å². The number of rotatable bonds is 5. The molecule has 0 aromatic heterocycles. The van der Waals surface area contributed by atoms with Gasteiger partial charge in [-0.3, -0.25) is 9.59 Å². The van der Waals surface area contributed by atoms with E-state index in [-0.39, 0.29) is 18.0 Å². The molecule has 2 heterocycles. The average molecular weight is 343 g/mol. The minimum atomic E-state index is -0.525. The van der Waals surface area contributed by atoms with E-state index in [0.717, 1.165) is 44.0 Å². The zero-order valence-electron chi connectivity index (χ0n) is 15.5. The molecule has 2 aliphatic rings. The van der Waals surface area contributed by atoms with Crippen molar-refractivity contribution < 1.29 is 9.59 Å². The molecule has 2 aliphatic heterocycles. The van der Waals surface area contributed by atoms with E-state index in [1.807, 2.05) is 17.0 Å². The van der Waals surface area contributed by atoms with Crippen molar-refractivity contribution in [2.45, 2.75) is 52.1 Å². The molecule has 2 N–H and O–H groups in total. The second-order valence-electron chi connectivity index (χ2n) is 7.78. The molecule has 25 heavy (non-hydrogen) atoms. The fourth-order valence-electron chi connectivity index (χ4n) is 4.16. The predicted octanol–water partition coefficient (Wildman–Crippen LogP) is 2.81. The van der Waals surface area contributed by atoms with E-state index < -0.39 is 5.91 Å². The first-order valence-electron chi connectivity index (χ1n) is 9.38. The molecule has 0 aliphatic carbocycles.